The number of likely N-dealkylation sites (tertiary alicyclic amines) is 1. The van der Waals surface area contributed by atoms with E-state index in [1.807, 2.05) is 24.3 Å². The smallest absolute Gasteiger partial charge is 0.237 e. The van der Waals surface area contributed by atoms with Crippen LogP contribution in [0.4, 0.5) is 5.69 Å². The molecule has 0 unspecified atom stereocenters. The zero-order valence-electron chi connectivity index (χ0n) is 13.6. The number of carbonyl (C=O) groups is 1. The molecule has 2 fully saturated rings. The van der Waals surface area contributed by atoms with Gasteiger partial charge in [0.25, 0.3) is 0 Å². The summed E-state index contributed by atoms with van der Waals surface area (Å²) in [5, 5.41) is 3.27. The monoisotopic (exact) mass is 311 g/mol. The number of carbonyl (C=O) groups excluding carboxylic acids is 1. The molecule has 122 valence electrons. The molecule has 1 N–H and O–H groups in total. The number of nitrogens with zero attached hydrogens (tertiary/aromatic N) is 2. The molecule has 1 aromatic carbocycles. The normalized spacial score (nSPS) is 22.7. The fraction of sp³-hybridized carbons (Fsp3) is 0.579. The first-order chi connectivity index (χ1) is 11.3. The van der Waals surface area contributed by atoms with Gasteiger partial charge >= 0.3 is 0 Å². The van der Waals surface area contributed by atoms with Crippen LogP contribution in [-0.2, 0) is 11.3 Å². The first-order valence-corrected chi connectivity index (χ1v) is 8.77. The zero-order valence-corrected chi connectivity index (χ0v) is 13.6. The van der Waals surface area contributed by atoms with E-state index in [-0.39, 0.29) is 11.9 Å². The average Bonchev–Trinajstić information content (AvgIpc) is 3.05. The summed E-state index contributed by atoms with van der Waals surface area (Å²) in [6, 6.07) is 8.11. The van der Waals surface area contributed by atoms with Gasteiger partial charge in [0.05, 0.1) is 12.6 Å². The SMILES string of the molecule is [C-]#[N+]c1ccc(CN2CCC[C@@H]2C(=O)NC2CCCCC2)cc1. The molecule has 1 saturated heterocycles. The van der Waals surface area contributed by atoms with Gasteiger partial charge in [-0.1, -0.05) is 43.5 Å². The lowest BCUT2D eigenvalue weighted by Crippen LogP contribution is -2.47. The van der Waals surface area contributed by atoms with Crippen LogP contribution in [0.1, 0.15) is 50.5 Å². The van der Waals surface area contributed by atoms with Crippen molar-refractivity contribution >= 4 is 11.6 Å². The summed E-state index contributed by atoms with van der Waals surface area (Å²) in [5.41, 5.74) is 1.84. The summed E-state index contributed by atoms with van der Waals surface area (Å²) < 4.78 is 0. The molecule has 0 spiro atoms. The second kappa shape index (κ2) is 7.61. The molecule has 0 bridgehead atoms. The predicted octanol–water partition coefficient (Wildman–Crippen LogP) is 3.65. The van der Waals surface area contributed by atoms with Gasteiger partial charge in [0.1, 0.15) is 0 Å². The lowest BCUT2D eigenvalue weighted by atomic mass is 9.95. The maximum absolute atomic E-state index is 12.6. The molecule has 1 aliphatic heterocycles. The van der Waals surface area contributed by atoms with E-state index in [9.17, 15) is 4.79 Å². The summed E-state index contributed by atoms with van der Waals surface area (Å²) in [4.78, 5) is 18.3. The Kier molecular flexibility index (Phi) is 5.30. The lowest BCUT2D eigenvalue weighted by Gasteiger charge is -2.28. The van der Waals surface area contributed by atoms with Gasteiger partial charge in [-0.05, 0) is 37.8 Å². The zero-order chi connectivity index (χ0) is 16.1. The van der Waals surface area contributed by atoms with Crippen molar-refractivity contribution in [2.75, 3.05) is 6.54 Å². The number of rotatable bonds is 4. The van der Waals surface area contributed by atoms with Crippen LogP contribution in [0.15, 0.2) is 24.3 Å². The Morgan fingerprint density at radius 2 is 1.87 bits per heavy atom. The molecular formula is C19H25N3O. The summed E-state index contributed by atoms with van der Waals surface area (Å²) in [6.45, 7) is 8.78. The largest absolute Gasteiger partial charge is 0.352 e. The van der Waals surface area contributed by atoms with E-state index >= 15 is 0 Å². The molecular weight excluding hydrogens is 286 g/mol. The van der Waals surface area contributed by atoms with Crippen molar-refractivity contribution in [1.29, 1.82) is 0 Å². The third kappa shape index (κ3) is 4.11. The highest BCUT2D eigenvalue weighted by Crippen LogP contribution is 2.23. The molecule has 1 amide bonds. The lowest BCUT2D eigenvalue weighted by molar-refractivity contribution is -0.126. The highest BCUT2D eigenvalue weighted by Gasteiger charge is 2.31. The molecule has 1 saturated carbocycles. The van der Waals surface area contributed by atoms with Gasteiger partial charge in [-0.3, -0.25) is 9.69 Å². The second-order valence-electron chi connectivity index (χ2n) is 6.75. The predicted molar refractivity (Wildman–Crippen MR) is 91.2 cm³/mol. The third-order valence-electron chi connectivity index (χ3n) is 5.07. The van der Waals surface area contributed by atoms with E-state index in [1.54, 1.807) is 0 Å². The summed E-state index contributed by atoms with van der Waals surface area (Å²) >= 11 is 0. The maximum atomic E-state index is 12.6. The van der Waals surface area contributed by atoms with E-state index in [0.29, 0.717) is 11.7 Å². The van der Waals surface area contributed by atoms with Crippen molar-refractivity contribution in [3.05, 3.63) is 41.2 Å². The van der Waals surface area contributed by atoms with Gasteiger partial charge in [0.15, 0.2) is 5.69 Å². The van der Waals surface area contributed by atoms with Crippen LogP contribution < -0.4 is 5.32 Å². The molecule has 2 aliphatic rings. The summed E-state index contributed by atoms with van der Waals surface area (Å²) in [5.74, 6) is 0.215. The first kappa shape index (κ1) is 16.0. The molecule has 0 radical (unpaired) electrons. The highest BCUT2D eigenvalue weighted by atomic mass is 16.2. The Bertz CT molecular complexity index is 569. The topological polar surface area (TPSA) is 36.7 Å². The van der Waals surface area contributed by atoms with Crippen LogP contribution in [0.2, 0.25) is 0 Å². The van der Waals surface area contributed by atoms with E-state index < -0.39 is 0 Å². The van der Waals surface area contributed by atoms with Crippen molar-refractivity contribution in [3.63, 3.8) is 0 Å². The van der Waals surface area contributed by atoms with E-state index in [1.165, 1.54) is 24.8 Å². The van der Waals surface area contributed by atoms with Gasteiger partial charge in [-0.25, -0.2) is 4.85 Å². The summed E-state index contributed by atoms with van der Waals surface area (Å²) in [6.07, 6.45) is 8.11. The van der Waals surface area contributed by atoms with Gasteiger partial charge in [0, 0.05) is 12.6 Å². The number of hydrogen-bond acceptors (Lipinski definition) is 2. The Labute approximate surface area is 138 Å². The molecule has 1 aliphatic carbocycles. The fourth-order valence-corrected chi connectivity index (χ4v) is 3.77. The molecule has 0 aromatic heterocycles. The molecule has 4 heteroatoms. The average molecular weight is 311 g/mol. The molecule has 4 nitrogen and oxygen atoms in total. The maximum Gasteiger partial charge on any atom is 0.237 e. The Morgan fingerprint density at radius 1 is 1.13 bits per heavy atom. The minimum atomic E-state index is 0.0115. The standard InChI is InChI=1S/C19H25N3O/c1-20-16-11-9-15(10-12-16)14-22-13-5-8-18(22)19(23)21-17-6-3-2-4-7-17/h9-12,17-18H,2-8,13-14H2,(H,21,23)/t18-/m1/s1. The van der Waals surface area contributed by atoms with Crippen molar-refractivity contribution < 1.29 is 4.79 Å². The Balaban J connectivity index is 1.58. The number of benzene rings is 1. The van der Waals surface area contributed by atoms with E-state index in [0.717, 1.165) is 38.8 Å². The van der Waals surface area contributed by atoms with Crippen LogP contribution in [-0.4, -0.2) is 29.4 Å². The van der Waals surface area contributed by atoms with Crippen molar-refractivity contribution in [3.8, 4) is 0 Å². The van der Waals surface area contributed by atoms with Crippen molar-refractivity contribution in [2.24, 2.45) is 0 Å². The minimum Gasteiger partial charge on any atom is -0.352 e. The van der Waals surface area contributed by atoms with Crippen molar-refractivity contribution in [1.82, 2.24) is 10.2 Å². The number of amides is 1. The molecule has 1 heterocycles. The van der Waals surface area contributed by atoms with Gasteiger partial charge < -0.3 is 5.32 Å². The van der Waals surface area contributed by atoms with Crippen LogP contribution >= 0.6 is 0 Å². The third-order valence-corrected chi connectivity index (χ3v) is 5.07. The van der Waals surface area contributed by atoms with Crippen molar-refractivity contribution in [2.45, 2.75) is 63.6 Å². The van der Waals surface area contributed by atoms with Crippen LogP contribution in [0.5, 0.6) is 0 Å². The van der Waals surface area contributed by atoms with E-state index in [4.69, 9.17) is 6.57 Å². The fourth-order valence-electron chi connectivity index (χ4n) is 3.77. The van der Waals surface area contributed by atoms with Crippen LogP contribution in [0, 0.1) is 6.57 Å². The number of hydrogen-bond donors (Lipinski definition) is 1. The molecule has 3 rings (SSSR count). The summed E-state index contributed by atoms with van der Waals surface area (Å²) in [7, 11) is 0. The Morgan fingerprint density at radius 3 is 2.57 bits per heavy atom. The number of nitrogens with one attached hydrogen (secondary N) is 1. The van der Waals surface area contributed by atoms with Gasteiger partial charge in [-0.2, -0.15) is 0 Å². The minimum absolute atomic E-state index is 0.0115. The molecule has 23 heavy (non-hydrogen) atoms. The second-order valence-corrected chi connectivity index (χ2v) is 6.75. The van der Waals surface area contributed by atoms with Crippen LogP contribution in [0.25, 0.3) is 4.85 Å². The van der Waals surface area contributed by atoms with Crippen LogP contribution in [0.3, 0.4) is 0 Å². The van der Waals surface area contributed by atoms with E-state index in [2.05, 4.69) is 15.1 Å². The Hall–Kier alpha value is -1.86. The molecule has 1 atom stereocenters. The van der Waals surface area contributed by atoms with Gasteiger partial charge in [-0.15, -0.1) is 0 Å². The molecule has 1 aromatic rings. The quantitative estimate of drug-likeness (QED) is 0.862. The van der Waals surface area contributed by atoms with Gasteiger partial charge in [0.2, 0.25) is 5.91 Å². The highest BCUT2D eigenvalue weighted by molar-refractivity contribution is 5.82. The first-order valence-electron chi connectivity index (χ1n) is 8.77.